The van der Waals surface area contributed by atoms with Gasteiger partial charge in [-0.05, 0) is 30.5 Å². The van der Waals surface area contributed by atoms with Gasteiger partial charge in [-0.3, -0.25) is 0 Å². The number of nitrogens with one attached hydrogen (secondary N) is 2. The van der Waals surface area contributed by atoms with Crippen LogP contribution in [-0.4, -0.2) is 12.6 Å². The molecular weight excluding hydrogens is 329 g/mol. The van der Waals surface area contributed by atoms with Crippen molar-refractivity contribution in [3.63, 3.8) is 0 Å². The van der Waals surface area contributed by atoms with Crippen LogP contribution >= 0.6 is 11.6 Å². The van der Waals surface area contributed by atoms with Gasteiger partial charge in [0.05, 0.1) is 16.3 Å². The van der Waals surface area contributed by atoms with Gasteiger partial charge >= 0.3 is 12.2 Å². The number of unbranched alkanes of at least 4 members (excludes halogenated alkanes) is 1. The van der Waals surface area contributed by atoms with Crippen molar-refractivity contribution in [3.05, 3.63) is 28.8 Å². The third-order valence-corrected chi connectivity index (χ3v) is 3.97. The van der Waals surface area contributed by atoms with E-state index in [1.54, 1.807) is 0 Å². The highest BCUT2D eigenvalue weighted by atomic mass is 35.5. The van der Waals surface area contributed by atoms with E-state index in [-0.39, 0.29) is 10.7 Å². The fourth-order valence-electron chi connectivity index (χ4n) is 2.14. The van der Waals surface area contributed by atoms with Gasteiger partial charge in [0.15, 0.2) is 0 Å². The lowest BCUT2D eigenvalue weighted by molar-refractivity contribution is -0.137. The van der Waals surface area contributed by atoms with Crippen LogP contribution in [0.15, 0.2) is 18.2 Å². The van der Waals surface area contributed by atoms with Crippen molar-refractivity contribution in [3.8, 4) is 0 Å². The Bertz CT molecular complexity index is 521. The lowest BCUT2D eigenvalue weighted by Gasteiger charge is -2.16. The lowest BCUT2D eigenvalue weighted by atomic mass is 9.99. The molecule has 1 aromatic carbocycles. The average molecular weight is 351 g/mol. The molecule has 0 bridgehead atoms. The molecule has 0 heterocycles. The summed E-state index contributed by atoms with van der Waals surface area (Å²) in [5, 5.41) is 5.12. The summed E-state index contributed by atoms with van der Waals surface area (Å²) in [6.07, 6.45) is -0.364. The minimum Gasteiger partial charge on any atom is -0.338 e. The Balaban J connectivity index is 2.63. The van der Waals surface area contributed by atoms with E-state index in [1.165, 1.54) is 0 Å². The fourth-order valence-corrected chi connectivity index (χ4v) is 2.31. The predicted octanol–water partition coefficient (Wildman–Crippen LogP) is 5.70. The molecule has 130 valence electrons. The zero-order valence-electron chi connectivity index (χ0n) is 13.3. The summed E-state index contributed by atoms with van der Waals surface area (Å²) in [7, 11) is 0. The highest BCUT2D eigenvalue weighted by Crippen LogP contribution is 2.33. The maximum atomic E-state index is 12.7. The molecule has 0 saturated heterocycles. The molecule has 0 spiro atoms. The highest BCUT2D eigenvalue weighted by Gasteiger charge is 2.31. The quantitative estimate of drug-likeness (QED) is 0.651. The van der Waals surface area contributed by atoms with Crippen LogP contribution in [0.25, 0.3) is 0 Å². The number of hydrogen-bond donors (Lipinski definition) is 2. The van der Waals surface area contributed by atoms with E-state index < -0.39 is 17.8 Å². The normalized spacial score (nSPS) is 12.8. The largest absolute Gasteiger partial charge is 0.416 e. The standard InChI is InChI=1S/C16H22ClF3N2O/c1-3-5-6-11(4-2)10-21-15(23)22-14-9-12(16(18,19)20)7-8-13(14)17/h7-9,11H,3-6,10H2,1-2H3,(H2,21,22,23)/t11-/m1/s1. The molecule has 0 saturated carbocycles. The van der Waals surface area contributed by atoms with Crippen LogP contribution in [0, 0.1) is 5.92 Å². The van der Waals surface area contributed by atoms with Crippen molar-refractivity contribution in [2.45, 2.75) is 45.7 Å². The molecule has 7 heteroatoms. The van der Waals surface area contributed by atoms with Crippen LogP contribution in [0.3, 0.4) is 0 Å². The third-order valence-electron chi connectivity index (χ3n) is 3.64. The first-order valence-electron chi connectivity index (χ1n) is 7.69. The Morgan fingerprint density at radius 3 is 2.57 bits per heavy atom. The Labute approximate surface area is 139 Å². The van der Waals surface area contributed by atoms with Gasteiger partial charge < -0.3 is 10.6 Å². The molecule has 1 aromatic rings. The van der Waals surface area contributed by atoms with Gasteiger partial charge in [-0.1, -0.05) is 44.7 Å². The average Bonchev–Trinajstić information content (AvgIpc) is 2.48. The number of alkyl halides is 3. The molecule has 1 atom stereocenters. The minimum atomic E-state index is -4.48. The number of hydrogen-bond acceptors (Lipinski definition) is 1. The zero-order chi connectivity index (χ0) is 17.5. The molecule has 0 fully saturated rings. The van der Waals surface area contributed by atoms with E-state index >= 15 is 0 Å². The molecule has 2 N–H and O–H groups in total. The first-order chi connectivity index (χ1) is 10.8. The minimum absolute atomic E-state index is 0.0550. The SMILES string of the molecule is CCCC[C@@H](CC)CNC(=O)Nc1cc(C(F)(F)F)ccc1Cl. The Morgan fingerprint density at radius 1 is 1.30 bits per heavy atom. The van der Waals surface area contributed by atoms with Gasteiger partial charge in [0.2, 0.25) is 0 Å². The van der Waals surface area contributed by atoms with E-state index in [4.69, 9.17) is 11.6 Å². The molecule has 0 radical (unpaired) electrons. The fraction of sp³-hybridized carbons (Fsp3) is 0.562. The van der Waals surface area contributed by atoms with Crippen molar-refractivity contribution in [2.75, 3.05) is 11.9 Å². The monoisotopic (exact) mass is 350 g/mol. The van der Waals surface area contributed by atoms with Crippen LogP contribution in [0.1, 0.15) is 45.1 Å². The summed E-state index contributed by atoms with van der Waals surface area (Å²) in [4.78, 5) is 11.9. The van der Waals surface area contributed by atoms with E-state index in [2.05, 4.69) is 17.6 Å². The zero-order valence-corrected chi connectivity index (χ0v) is 14.0. The second-order valence-electron chi connectivity index (χ2n) is 5.44. The van der Waals surface area contributed by atoms with Crippen molar-refractivity contribution in [1.82, 2.24) is 5.32 Å². The van der Waals surface area contributed by atoms with Gasteiger partial charge in [0.1, 0.15) is 0 Å². The molecular formula is C16H22ClF3N2O. The number of benzene rings is 1. The Kier molecular flexibility index (Phi) is 7.68. The van der Waals surface area contributed by atoms with Gasteiger partial charge in [0, 0.05) is 6.54 Å². The number of anilines is 1. The first-order valence-corrected chi connectivity index (χ1v) is 8.07. The van der Waals surface area contributed by atoms with Crippen LogP contribution in [0.5, 0.6) is 0 Å². The molecule has 0 unspecified atom stereocenters. The van der Waals surface area contributed by atoms with Crippen LogP contribution in [-0.2, 0) is 6.18 Å². The summed E-state index contributed by atoms with van der Waals surface area (Å²) in [5.41, 5.74) is -0.910. The maximum absolute atomic E-state index is 12.7. The van der Waals surface area contributed by atoms with Crippen molar-refractivity contribution in [1.29, 1.82) is 0 Å². The number of carbonyl (C=O) groups excluding carboxylic acids is 1. The van der Waals surface area contributed by atoms with E-state index in [1.807, 2.05) is 6.92 Å². The highest BCUT2D eigenvalue weighted by molar-refractivity contribution is 6.33. The second kappa shape index (κ2) is 9.01. The summed E-state index contributed by atoms with van der Waals surface area (Å²) in [5.74, 6) is 0.359. The van der Waals surface area contributed by atoms with Crippen molar-refractivity contribution < 1.29 is 18.0 Å². The number of urea groups is 1. The molecule has 23 heavy (non-hydrogen) atoms. The second-order valence-corrected chi connectivity index (χ2v) is 5.85. The lowest BCUT2D eigenvalue weighted by Crippen LogP contribution is -2.33. The molecule has 0 aliphatic rings. The molecule has 0 aliphatic carbocycles. The van der Waals surface area contributed by atoms with Gasteiger partial charge in [-0.15, -0.1) is 0 Å². The smallest absolute Gasteiger partial charge is 0.338 e. The molecule has 0 aliphatic heterocycles. The maximum Gasteiger partial charge on any atom is 0.416 e. The van der Waals surface area contributed by atoms with Crippen LogP contribution in [0.2, 0.25) is 5.02 Å². The first kappa shape index (κ1) is 19.6. The van der Waals surface area contributed by atoms with Gasteiger partial charge in [-0.25, -0.2) is 4.79 Å². The number of rotatable bonds is 7. The van der Waals surface area contributed by atoms with E-state index in [0.29, 0.717) is 12.5 Å². The van der Waals surface area contributed by atoms with Gasteiger partial charge in [-0.2, -0.15) is 13.2 Å². The van der Waals surface area contributed by atoms with Crippen LogP contribution in [0.4, 0.5) is 23.7 Å². The number of halogens is 4. The van der Waals surface area contributed by atoms with Gasteiger partial charge in [0.25, 0.3) is 0 Å². The summed E-state index contributed by atoms with van der Waals surface area (Å²) in [6.45, 7) is 4.63. The summed E-state index contributed by atoms with van der Waals surface area (Å²) in [6, 6.07) is 2.27. The molecule has 1 rings (SSSR count). The Morgan fingerprint density at radius 2 is 2.00 bits per heavy atom. The summed E-state index contributed by atoms with van der Waals surface area (Å²) >= 11 is 5.84. The topological polar surface area (TPSA) is 41.1 Å². The van der Waals surface area contributed by atoms with E-state index in [9.17, 15) is 18.0 Å². The molecule has 3 nitrogen and oxygen atoms in total. The van der Waals surface area contributed by atoms with Crippen molar-refractivity contribution >= 4 is 23.3 Å². The number of carbonyl (C=O) groups is 1. The Hall–Kier alpha value is -1.43. The van der Waals surface area contributed by atoms with Crippen LogP contribution < -0.4 is 10.6 Å². The third kappa shape index (κ3) is 6.69. The molecule has 2 amide bonds. The predicted molar refractivity (Wildman–Crippen MR) is 86.8 cm³/mol. The van der Waals surface area contributed by atoms with E-state index in [0.717, 1.165) is 43.9 Å². The number of amides is 2. The summed E-state index contributed by atoms with van der Waals surface area (Å²) < 4.78 is 38.1. The molecule has 0 aromatic heterocycles. The van der Waals surface area contributed by atoms with Crippen molar-refractivity contribution in [2.24, 2.45) is 5.92 Å².